The maximum Gasteiger partial charge on any atom is 0.307 e. The van der Waals surface area contributed by atoms with E-state index in [1.54, 1.807) is 18.3 Å². The Hall–Kier alpha value is -1.34. The maximum absolute atomic E-state index is 12.6. The van der Waals surface area contributed by atoms with Gasteiger partial charge in [0.2, 0.25) is 0 Å². The zero-order chi connectivity index (χ0) is 18.4. The molecule has 1 N–H and O–H groups in total. The molecule has 0 fully saturated rings. The fourth-order valence-electron chi connectivity index (χ4n) is 2.27. The van der Waals surface area contributed by atoms with Crippen LogP contribution >= 0.6 is 11.3 Å². The van der Waals surface area contributed by atoms with Crippen molar-refractivity contribution in [1.29, 1.82) is 0 Å². The molecule has 6 heteroatoms. The molecule has 2 atom stereocenters. The van der Waals surface area contributed by atoms with Gasteiger partial charge in [-0.2, -0.15) is 0 Å². The first-order valence-electron chi connectivity index (χ1n) is 8.28. The average molecular weight is 380 g/mol. The summed E-state index contributed by atoms with van der Waals surface area (Å²) in [5.41, 5.74) is 2.02. The number of ether oxygens (including phenoxy) is 1. The number of thiophene rings is 1. The maximum atomic E-state index is 12.6. The predicted molar refractivity (Wildman–Crippen MR) is 105 cm³/mol. The minimum atomic E-state index is -1.29. The van der Waals surface area contributed by atoms with E-state index in [4.69, 9.17) is 4.74 Å². The standard InChI is InChI=1S/C19H25NO3S2/c1-5-23-18(21)13-16(20-25(22)19(2,3)4)14-8-6-9-15(12-14)17-10-7-11-24-17/h6-12,16,20H,5,13H2,1-4H3/t16-,25?/m0/s1. The smallest absolute Gasteiger partial charge is 0.307 e. The van der Waals surface area contributed by atoms with Crippen LogP contribution in [-0.2, 0) is 20.9 Å². The minimum Gasteiger partial charge on any atom is -0.598 e. The van der Waals surface area contributed by atoms with Crippen LogP contribution in [0.15, 0.2) is 41.8 Å². The molecule has 0 radical (unpaired) electrons. The summed E-state index contributed by atoms with van der Waals surface area (Å²) in [6, 6.07) is 11.7. The van der Waals surface area contributed by atoms with E-state index >= 15 is 0 Å². The highest BCUT2D eigenvalue weighted by Crippen LogP contribution is 2.29. The molecule has 0 aliphatic rings. The number of rotatable bonds is 7. The number of carbonyl (C=O) groups is 1. The Morgan fingerprint density at radius 3 is 2.68 bits per heavy atom. The molecule has 1 unspecified atom stereocenters. The lowest BCUT2D eigenvalue weighted by Gasteiger charge is -2.28. The Balaban J connectivity index is 2.27. The summed E-state index contributed by atoms with van der Waals surface area (Å²) in [6.45, 7) is 7.83. The molecule has 1 aromatic heterocycles. The summed E-state index contributed by atoms with van der Waals surface area (Å²) < 4.78 is 20.3. The van der Waals surface area contributed by atoms with Gasteiger partial charge in [-0.05, 0) is 56.3 Å². The average Bonchev–Trinajstić information content (AvgIpc) is 3.08. The van der Waals surface area contributed by atoms with Crippen molar-refractivity contribution in [2.75, 3.05) is 6.61 Å². The summed E-state index contributed by atoms with van der Waals surface area (Å²) in [6.07, 6.45) is 0.142. The normalized spacial score (nSPS) is 14.1. The predicted octanol–water partition coefficient (Wildman–Crippen LogP) is 4.46. The van der Waals surface area contributed by atoms with Crippen molar-refractivity contribution < 1.29 is 14.1 Å². The number of hydrogen-bond acceptors (Lipinski definition) is 5. The molecule has 136 valence electrons. The summed E-state index contributed by atoms with van der Waals surface area (Å²) in [4.78, 5) is 13.2. The fourth-order valence-corrected chi connectivity index (χ4v) is 3.83. The van der Waals surface area contributed by atoms with Crippen LogP contribution < -0.4 is 4.72 Å². The van der Waals surface area contributed by atoms with Gasteiger partial charge in [-0.1, -0.05) is 24.3 Å². The SMILES string of the molecule is CCOC(=O)C[C@H](N[S+]([O-])C(C)(C)C)c1cccc(-c2cccs2)c1. The van der Waals surface area contributed by atoms with Crippen LogP contribution in [0.4, 0.5) is 0 Å². The van der Waals surface area contributed by atoms with Gasteiger partial charge in [0.05, 0.1) is 19.1 Å². The van der Waals surface area contributed by atoms with Crippen LogP contribution in [0, 0.1) is 0 Å². The van der Waals surface area contributed by atoms with Crippen molar-refractivity contribution in [3.63, 3.8) is 0 Å². The number of carbonyl (C=O) groups excluding carboxylic acids is 1. The van der Waals surface area contributed by atoms with Gasteiger partial charge < -0.3 is 9.29 Å². The van der Waals surface area contributed by atoms with Crippen LogP contribution in [0.5, 0.6) is 0 Å². The van der Waals surface area contributed by atoms with Gasteiger partial charge >= 0.3 is 5.97 Å². The van der Waals surface area contributed by atoms with Crippen LogP contribution in [0.3, 0.4) is 0 Å². The molecule has 2 rings (SSSR count). The van der Waals surface area contributed by atoms with Crippen molar-refractivity contribution in [3.05, 3.63) is 47.3 Å². The third-order valence-corrected chi connectivity index (χ3v) is 6.11. The Labute approximate surface area is 156 Å². The van der Waals surface area contributed by atoms with Crippen LogP contribution in [-0.4, -0.2) is 21.9 Å². The van der Waals surface area contributed by atoms with Gasteiger partial charge in [0.1, 0.15) is 4.75 Å². The highest BCUT2D eigenvalue weighted by Gasteiger charge is 2.31. The van der Waals surface area contributed by atoms with E-state index in [1.807, 2.05) is 56.5 Å². The first-order chi connectivity index (χ1) is 11.8. The van der Waals surface area contributed by atoms with Crippen molar-refractivity contribution in [2.24, 2.45) is 0 Å². The van der Waals surface area contributed by atoms with Gasteiger partial charge in [0.25, 0.3) is 0 Å². The lowest BCUT2D eigenvalue weighted by molar-refractivity contribution is -0.143. The highest BCUT2D eigenvalue weighted by atomic mass is 32.2. The Kier molecular flexibility index (Phi) is 7.07. The summed E-state index contributed by atoms with van der Waals surface area (Å²) >= 11 is 0.378. The Bertz CT molecular complexity index is 680. The molecule has 25 heavy (non-hydrogen) atoms. The Morgan fingerprint density at radius 2 is 2.08 bits per heavy atom. The molecule has 0 amide bonds. The van der Waals surface area contributed by atoms with Crippen molar-refractivity contribution in [3.8, 4) is 10.4 Å². The summed E-state index contributed by atoms with van der Waals surface area (Å²) in [5.74, 6) is -0.299. The molecule has 0 saturated heterocycles. The second-order valence-electron chi connectivity index (χ2n) is 6.66. The molecule has 1 heterocycles. The molecule has 0 aliphatic heterocycles. The van der Waals surface area contributed by atoms with Gasteiger partial charge in [-0.3, -0.25) is 4.79 Å². The largest absolute Gasteiger partial charge is 0.598 e. The van der Waals surface area contributed by atoms with E-state index in [-0.39, 0.29) is 18.4 Å². The van der Waals surface area contributed by atoms with E-state index in [0.29, 0.717) is 6.61 Å². The van der Waals surface area contributed by atoms with Crippen LogP contribution in [0.1, 0.15) is 45.7 Å². The van der Waals surface area contributed by atoms with Gasteiger partial charge in [-0.15, -0.1) is 16.1 Å². The molecule has 0 aliphatic carbocycles. The van der Waals surface area contributed by atoms with E-state index < -0.39 is 16.1 Å². The van der Waals surface area contributed by atoms with Crippen LogP contribution in [0.25, 0.3) is 10.4 Å². The fraction of sp³-hybridized carbons (Fsp3) is 0.421. The molecule has 0 saturated carbocycles. The first-order valence-corrected chi connectivity index (χ1v) is 10.3. The number of esters is 1. The number of benzene rings is 1. The minimum absolute atomic E-state index is 0.142. The van der Waals surface area contributed by atoms with Crippen LogP contribution in [0.2, 0.25) is 0 Å². The molecule has 2 aromatic rings. The molecule has 0 bridgehead atoms. The molecular formula is C19H25NO3S2. The van der Waals surface area contributed by atoms with E-state index in [2.05, 4.69) is 10.8 Å². The third kappa shape index (κ3) is 5.85. The molecule has 1 aromatic carbocycles. The second-order valence-corrected chi connectivity index (χ2v) is 9.61. The lowest BCUT2D eigenvalue weighted by atomic mass is 10.0. The molecular weight excluding hydrogens is 354 g/mol. The topological polar surface area (TPSA) is 61.4 Å². The zero-order valence-electron chi connectivity index (χ0n) is 15.1. The van der Waals surface area contributed by atoms with Gasteiger partial charge in [-0.25, -0.2) is 0 Å². The van der Waals surface area contributed by atoms with Crippen molar-refractivity contribution >= 4 is 28.7 Å². The lowest BCUT2D eigenvalue weighted by Crippen LogP contribution is -2.42. The van der Waals surface area contributed by atoms with E-state index in [9.17, 15) is 9.35 Å². The van der Waals surface area contributed by atoms with E-state index in [1.165, 1.54) is 0 Å². The number of hydrogen-bond donors (Lipinski definition) is 1. The summed E-state index contributed by atoms with van der Waals surface area (Å²) in [7, 11) is 0. The van der Waals surface area contributed by atoms with E-state index in [0.717, 1.165) is 16.0 Å². The van der Waals surface area contributed by atoms with Gasteiger partial charge in [0.15, 0.2) is 0 Å². The second kappa shape index (κ2) is 8.85. The van der Waals surface area contributed by atoms with Crippen molar-refractivity contribution in [1.82, 2.24) is 4.72 Å². The monoisotopic (exact) mass is 379 g/mol. The summed E-state index contributed by atoms with van der Waals surface area (Å²) in [5, 5.41) is 2.03. The van der Waals surface area contributed by atoms with Crippen molar-refractivity contribution in [2.45, 2.75) is 44.9 Å². The molecule has 4 nitrogen and oxygen atoms in total. The first kappa shape index (κ1) is 20.0. The number of nitrogens with one attached hydrogen (secondary N) is 1. The van der Waals surface area contributed by atoms with Gasteiger partial charge in [0, 0.05) is 16.2 Å². The quantitative estimate of drug-likeness (QED) is 0.570. The molecule has 0 spiro atoms. The highest BCUT2D eigenvalue weighted by molar-refractivity contribution is 7.90. The zero-order valence-corrected chi connectivity index (χ0v) is 16.7. The Morgan fingerprint density at radius 1 is 1.32 bits per heavy atom. The third-order valence-electron chi connectivity index (χ3n) is 3.58.